The molecule has 1 aromatic heterocycles. The van der Waals surface area contributed by atoms with Crippen LogP contribution in [0.2, 0.25) is 0 Å². The Morgan fingerprint density at radius 2 is 2.00 bits per heavy atom. The van der Waals surface area contributed by atoms with Gasteiger partial charge >= 0.3 is 0 Å². The highest BCUT2D eigenvalue weighted by Crippen LogP contribution is 2.65. The summed E-state index contributed by atoms with van der Waals surface area (Å²) in [5.74, 6) is 5.03. The summed E-state index contributed by atoms with van der Waals surface area (Å²) in [5.41, 5.74) is 1.62. The van der Waals surface area contributed by atoms with Gasteiger partial charge in [0.25, 0.3) is 0 Å². The molecule has 5 rings (SSSR count). The van der Waals surface area contributed by atoms with Crippen LogP contribution in [-0.2, 0) is 22.6 Å². The first-order valence-electron chi connectivity index (χ1n) is 13.1. The van der Waals surface area contributed by atoms with Crippen molar-refractivity contribution in [3.8, 4) is 0 Å². The lowest BCUT2D eigenvalue weighted by Gasteiger charge is -2.59. The number of carbonyl (C=O) groups is 1. The van der Waals surface area contributed by atoms with Crippen LogP contribution < -0.4 is 0 Å². The lowest BCUT2D eigenvalue weighted by Crippen LogP contribution is -2.53. The molecule has 4 fully saturated rings. The van der Waals surface area contributed by atoms with Crippen molar-refractivity contribution in [2.45, 2.75) is 84.6 Å². The Kier molecular flexibility index (Phi) is 6.17. The standard InChI is InChI=1S/C27H41N3O3/c1-26-12-9-19(29-32-14-11-20-16-28-25(33-20)17-30(3)4)15-18(26)5-6-21-22-7-8-24(31)27(22,2)13-10-23(21)26/h16,18,21-23H,5-15,17H2,1-4H3. The van der Waals surface area contributed by atoms with Gasteiger partial charge in [0.2, 0.25) is 5.89 Å². The predicted octanol–water partition coefficient (Wildman–Crippen LogP) is 5.26. The highest BCUT2D eigenvalue weighted by molar-refractivity contribution is 5.87. The molecule has 4 saturated carbocycles. The van der Waals surface area contributed by atoms with Gasteiger partial charge in [-0.15, -0.1) is 0 Å². The van der Waals surface area contributed by atoms with E-state index in [4.69, 9.17) is 9.25 Å². The summed E-state index contributed by atoms with van der Waals surface area (Å²) in [5, 5.41) is 4.56. The number of hydrogen-bond donors (Lipinski definition) is 0. The third-order valence-corrected chi connectivity index (χ3v) is 9.89. The molecule has 0 aromatic carbocycles. The van der Waals surface area contributed by atoms with E-state index in [9.17, 15) is 4.79 Å². The zero-order valence-electron chi connectivity index (χ0n) is 20.9. The number of nitrogens with zero attached hydrogens (tertiary/aromatic N) is 3. The monoisotopic (exact) mass is 455 g/mol. The number of ketones is 1. The van der Waals surface area contributed by atoms with E-state index >= 15 is 0 Å². The molecule has 0 amide bonds. The SMILES string of the molecule is CN(C)Cc1ncc(CCON=C2CCC3(C)C(CCC4C5CCC(=O)C5(C)CCC43)C2)o1. The van der Waals surface area contributed by atoms with Crippen LogP contribution in [0.25, 0.3) is 0 Å². The minimum absolute atomic E-state index is 0.0176. The van der Waals surface area contributed by atoms with Crippen LogP contribution in [0, 0.1) is 34.5 Å². The summed E-state index contributed by atoms with van der Waals surface area (Å²) in [6, 6.07) is 0. The lowest BCUT2D eigenvalue weighted by molar-refractivity contribution is -0.137. The molecular formula is C27H41N3O3. The van der Waals surface area contributed by atoms with Crippen LogP contribution in [-0.4, -0.2) is 42.1 Å². The molecule has 0 aliphatic heterocycles. The number of hydrogen-bond acceptors (Lipinski definition) is 6. The number of carbonyl (C=O) groups excluding carboxylic acids is 1. The molecule has 33 heavy (non-hydrogen) atoms. The normalized spacial score (nSPS) is 39.4. The van der Waals surface area contributed by atoms with Crippen LogP contribution in [0.1, 0.15) is 83.3 Å². The molecule has 4 aliphatic rings. The Morgan fingerprint density at radius 3 is 2.82 bits per heavy atom. The molecule has 6 atom stereocenters. The molecule has 6 nitrogen and oxygen atoms in total. The van der Waals surface area contributed by atoms with Crippen molar-refractivity contribution in [2.75, 3.05) is 20.7 Å². The summed E-state index contributed by atoms with van der Waals surface area (Å²) in [4.78, 5) is 24.7. The first-order chi connectivity index (χ1) is 15.8. The Bertz CT molecular complexity index is 908. The molecule has 0 bridgehead atoms. The molecule has 0 saturated heterocycles. The highest BCUT2D eigenvalue weighted by atomic mass is 16.6. The summed E-state index contributed by atoms with van der Waals surface area (Å²) in [6.45, 7) is 6.08. The van der Waals surface area contributed by atoms with Crippen molar-refractivity contribution in [2.24, 2.45) is 39.7 Å². The van der Waals surface area contributed by atoms with Gasteiger partial charge in [-0.3, -0.25) is 4.79 Å². The number of Topliss-reactive ketones (excluding diaryl/α,β-unsaturated/α-hetero) is 1. The third-order valence-electron chi connectivity index (χ3n) is 9.89. The maximum Gasteiger partial charge on any atom is 0.208 e. The van der Waals surface area contributed by atoms with Crippen molar-refractivity contribution in [1.82, 2.24) is 9.88 Å². The van der Waals surface area contributed by atoms with E-state index in [0.29, 0.717) is 42.6 Å². The lowest BCUT2D eigenvalue weighted by atomic mass is 9.45. The van der Waals surface area contributed by atoms with Gasteiger partial charge in [-0.2, -0.15) is 0 Å². The fourth-order valence-corrected chi connectivity index (χ4v) is 8.00. The van der Waals surface area contributed by atoms with Crippen molar-refractivity contribution < 1.29 is 14.0 Å². The molecule has 6 heteroatoms. The number of oxime groups is 1. The third kappa shape index (κ3) is 4.17. The molecule has 0 radical (unpaired) electrons. The molecule has 0 N–H and O–H groups in total. The van der Waals surface area contributed by atoms with Gasteiger partial charge in [0, 0.05) is 18.3 Å². The van der Waals surface area contributed by atoms with E-state index in [1.165, 1.54) is 31.4 Å². The van der Waals surface area contributed by atoms with Gasteiger partial charge in [0.15, 0.2) is 0 Å². The molecule has 182 valence electrons. The van der Waals surface area contributed by atoms with Crippen LogP contribution in [0.5, 0.6) is 0 Å². The van der Waals surface area contributed by atoms with E-state index in [2.05, 4.69) is 24.0 Å². The first-order valence-corrected chi connectivity index (χ1v) is 13.1. The van der Waals surface area contributed by atoms with Crippen LogP contribution >= 0.6 is 0 Å². The van der Waals surface area contributed by atoms with Crippen molar-refractivity contribution >= 4 is 11.5 Å². The smallest absolute Gasteiger partial charge is 0.208 e. The Morgan fingerprint density at radius 1 is 1.15 bits per heavy atom. The van der Waals surface area contributed by atoms with Gasteiger partial charge < -0.3 is 14.2 Å². The number of aromatic nitrogens is 1. The van der Waals surface area contributed by atoms with Crippen LogP contribution in [0.4, 0.5) is 0 Å². The Hall–Kier alpha value is -1.69. The number of fused-ring (bicyclic) bond motifs is 5. The second-order valence-electron chi connectivity index (χ2n) is 12.0. The van der Waals surface area contributed by atoms with E-state index in [0.717, 1.165) is 55.6 Å². The second kappa shape index (κ2) is 8.83. The van der Waals surface area contributed by atoms with Crippen molar-refractivity contribution in [1.29, 1.82) is 0 Å². The van der Waals surface area contributed by atoms with Crippen molar-refractivity contribution in [3.63, 3.8) is 0 Å². The number of oxazole rings is 1. The van der Waals surface area contributed by atoms with Crippen LogP contribution in [0.15, 0.2) is 15.8 Å². The fraction of sp³-hybridized carbons (Fsp3) is 0.815. The van der Waals surface area contributed by atoms with Gasteiger partial charge in [0.1, 0.15) is 18.2 Å². The quantitative estimate of drug-likeness (QED) is 0.432. The van der Waals surface area contributed by atoms with Gasteiger partial charge in [0.05, 0.1) is 18.5 Å². The fourth-order valence-electron chi connectivity index (χ4n) is 8.00. The van der Waals surface area contributed by atoms with Crippen molar-refractivity contribution in [3.05, 3.63) is 17.8 Å². The van der Waals surface area contributed by atoms with E-state index in [-0.39, 0.29) is 5.41 Å². The Labute approximate surface area is 198 Å². The topological polar surface area (TPSA) is 67.9 Å². The average molecular weight is 456 g/mol. The molecule has 1 aromatic rings. The largest absolute Gasteiger partial charge is 0.444 e. The predicted molar refractivity (Wildman–Crippen MR) is 128 cm³/mol. The maximum absolute atomic E-state index is 12.6. The van der Waals surface area contributed by atoms with Gasteiger partial charge in [-0.25, -0.2) is 4.98 Å². The summed E-state index contributed by atoms with van der Waals surface area (Å²) >= 11 is 0. The van der Waals surface area contributed by atoms with Gasteiger partial charge in [-0.1, -0.05) is 19.0 Å². The van der Waals surface area contributed by atoms with E-state index in [1.54, 1.807) is 6.20 Å². The molecule has 6 unspecified atom stereocenters. The zero-order chi connectivity index (χ0) is 23.2. The number of rotatable bonds is 6. The van der Waals surface area contributed by atoms with Crippen LogP contribution in [0.3, 0.4) is 0 Å². The minimum Gasteiger partial charge on any atom is -0.444 e. The molecule has 4 aliphatic carbocycles. The maximum atomic E-state index is 12.6. The first kappa shape index (κ1) is 23.1. The molecule has 0 spiro atoms. The highest BCUT2D eigenvalue weighted by Gasteiger charge is 2.60. The molecular weight excluding hydrogens is 414 g/mol. The van der Waals surface area contributed by atoms with E-state index < -0.39 is 0 Å². The minimum atomic E-state index is -0.0176. The summed E-state index contributed by atoms with van der Waals surface area (Å²) in [6.07, 6.45) is 12.7. The van der Waals surface area contributed by atoms with E-state index in [1.807, 2.05) is 19.0 Å². The Balaban J connectivity index is 1.16. The average Bonchev–Trinajstić information content (AvgIpc) is 3.34. The summed E-state index contributed by atoms with van der Waals surface area (Å²) in [7, 11) is 4.01. The van der Waals surface area contributed by atoms with Gasteiger partial charge in [-0.05, 0) is 94.5 Å². The molecule has 1 heterocycles. The summed E-state index contributed by atoms with van der Waals surface area (Å²) < 4.78 is 5.76. The zero-order valence-corrected chi connectivity index (χ0v) is 20.9. The second-order valence-corrected chi connectivity index (χ2v) is 12.0.